The third kappa shape index (κ3) is 3.16. The first-order valence-electron chi connectivity index (χ1n) is 6.53. The van der Waals surface area contributed by atoms with Crippen LogP contribution in [0.25, 0.3) is 10.9 Å². The third-order valence-corrected chi connectivity index (χ3v) is 5.33. The number of aliphatic hydroxyl groups excluding tert-OH is 1. The summed E-state index contributed by atoms with van der Waals surface area (Å²) in [6, 6.07) is 3.07. The van der Waals surface area contributed by atoms with Crippen LogP contribution in [0.5, 0.6) is 0 Å². The molecule has 7 nitrogen and oxygen atoms in total. The molecule has 3 rings (SSSR count). The van der Waals surface area contributed by atoms with Crippen LogP contribution in [0.1, 0.15) is 0 Å². The number of nitrogens with zero attached hydrogens (tertiary/aromatic N) is 2. The third-order valence-electron chi connectivity index (χ3n) is 3.19. The van der Waals surface area contributed by atoms with Gasteiger partial charge in [0.05, 0.1) is 35.1 Å². The lowest BCUT2D eigenvalue weighted by Crippen LogP contribution is -2.12. The van der Waals surface area contributed by atoms with E-state index in [1.54, 1.807) is 6.07 Å². The summed E-state index contributed by atoms with van der Waals surface area (Å²) < 4.78 is 29.0. The van der Waals surface area contributed by atoms with Crippen molar-refractivity contribution in [2.45, 2.75) is 11.4 Å². The van der Waals surface area contributed by atoms with Gasteiger partial charge in [-0.2, -0.15) is 5.10 Å². The van der Waals surface area contributed by atoms with E-state index < -0.39 is 10.0 Å². The largest absolute Gasteiger partial charge is 0.394 e. The fourth-order valence-electron chi connectivity index (χ4n) is 2.16. The minimum atomic E-state index is -3.83. The Morgan fingerprint density at radius 2 is 2.04 bits per heavy atom. The van der Waals surface area contributed by atoms with E-state index in [9.17, 15) is 8.42 Å². The van der Waals surface area contributed by atoms with Crippen LogP contribution in [0.4, 0.5) is 5.69 Å². The number of H-pyrrole nitrogens is 1. The first-order chi connectivity index (χ1) is 10.9. The zero-order valence-electron chi connectivity index (χ0n) is 11.6. The van der Waals surface area contributed by atoms with Gasteiger partial charge in [-0.15, -0.1) is 0 Å². The number of hydrogen-bond acceptors (Lipinski definition) is 4. The number of aromatic amines is 1. The van der Waals surface area contributed by atoms with Gasteiger partial charge in [0.25, 0.3) is 10.0 Å². The molecular formula is C13H12Cl2N4O3S. The molecular weight excluding hydrogens is 363 g/mol. The van der Waals surface area contributed by atoms with Crippen molar-refractivity contribution in [2.24, 2.45) is 0 Å². The Bertz CT molecular complexity index is 965. The summed E-state index contributed by atoms with van der Waals surface area (Å²) in [6.45, 7) is 0.193. The molecule has 0 aliphatic rings. The molecule has 0 fully saturated rings. The topological polar surface area (TPSA) is 100 Å². The summed E-state index contributed by atoms with van der Waals surface area (Å²) in [5.41, 5.74) is 0.864. The van der Waals surface area contributed by atoms with Gasteiger partial charge in [-0.25, -0.2) is 8.42 Å². The number of aromatic nitrogens is 3. The number of halogens is 2. The van der Waals surface area contributed by atoms with E-state index in [0.29, 0.717) is 21.6 Å². The Hall–Kier alpha value is -1.74. The van der Waals surface area contributed by atoms with Crippen LogP contribution in [-0.2, 0) is 16.6 Å². The number of aliphatic hydroxyl groups is 1. The van der Waals surface area contributed by atoms with E-state index >= 15 is 0 Å². The summed E-state index contributed by atoms with van der Waals surface area (Å²) in [4.78, 5) is 2.91. The van der Waals surface area contributed by atoms with Crippen LogP contribution in [0.3, 0.4) is 0 Å². The molecule has 10 heteroatoms. The maximum Gasteiger partial charge on any atom is 0.264 e. The molecule has 0 atom stereocenters. The van der Waals surface area contributed by atoms with Gasteiger partial charge < -0.3 is 10.1 Å². The van der Waals surface area contributed by atoms with E-state index in [1.807, 2.05) is 0 Å². The molecule has 0 amide bonds. The minimum absolute atomic E-state index is 0.0565. The molecule has 0 aliphatic heterocycles. The van der Waals surface area contributed by atoms with Crippen molar-refractivity contribution in [3.8, 4) is 0 Å². The predicted molar refractivity (Wildman–Crippen MR) is 88.4 cm³/mol. The fourth-order valence-corrected chi connectivity index (χ4v) is 3.69. The number of hydrogen-bond donors (Lipinski definition) is 3. The lowest BCUT2D eigenvalue weighted by Gasteiger charge is -2.05. The average molecular weight is 375 g/mol. The molecule has 2 heterocycles. The number of sulfonamides is 1. The highest BCUT2D eigenvalue weighted by Crippen LogP contribution is 2.31. The van der Waals surface area contributed by atoms with Crippen molar-refractivity contribution in [1.82, 2.24) is 14.8 Å². The van der Waals surface area contributed by atoms with Gasteiger partial charge in [-0.1, -0.05) is 23.2 Å². The van der Waals surface area contributed by atoms with Gasteiger partial charge in [0, 0.05) is 23.3 Å². The second-order valence-electron chi connectivity index (χ2n) is 4.79. The number of fused-ring (bicyclic) bond motifs is 1. The van der Waals surface area contributed by atoms with E-state index in [2.05, 4.69) is 14.8 Å². The maximum absolute atomic E-state index is 12.5. The minimum Gasteiger partial charge on any atom is -0.394 e. The lowest BCUT2D eigenvalue weighted by molar-refractivity contribution is 0.269. The Morgan fingerprint density at radius 3 is 2.78 bits per heavy atom. The Kier molecular flexibility index (Phi) is 4.24. The number of nitrogens with one attached hydrogen (secondary N) is 2. The zero-order chi connectivity index (χ0) is 16.6. The van der Waals surface area contributed by atoms with Crippen LogP contribution in [-0.4, -0.2) is 34.9 Å². The highest BCUT2D eigenvalue weighted by Gasteiger charge is 2.20. The zero-order valence-corrected chi connectivity index (χ0v) is 14.0. The maximum atomic E-state index is 12.5. The molecule has 0 saturated carbocycles. The van der Waals surface area contributed by atoms with Crippen LogP contribution in [0.2, 0.25) is 10.0 Å². The van der Waals surface area contributed by atoms with Gasteiger partial charge >= 0.3 is 0 Å². The first kappa shape index (κ1) is 16.1. The molecule has 0 aliphatic carbocycles. The van der Waals surface area contributed by atoms with Gasteiger partial charge in [0.15, 0.2) is 0 Å². The molecule has 0 saturated heterocycles. The highest BCUT2D eigenvalue weighted by molar-refractivity contribution is 7.93. The SMILES string of the molecule is O=S(=O)(Nc1cnn(CCO)c1)c1c[nH]c2cc(Cl)c(Cl)cc12. The predicted octanol–water partition coefficient (Wildman–Crippen LogP) is 2.46. The average Bonchev–Trinajstić information content (AvgIpc) is 3.07. The Labute approximate surface area is 141 Å². The quantitative estimate of drug-likeness (QED) is 0.638. The van der Waals surface area contributed by atoms with Crippen molar-refractivity contribution in [3.05, 3.63) is 40.8 Å². The molecule has 0 radical (unpaired) electrons. The molecule has 3 N–H and O–H groups in total. The van der Waals surface area contributed by atoms with Crippen molar-refractivity contribution in [2.75, 3.05) is 11.3 Å². The number of anilines is 1. The lowest BCUT2D eigenvalue weighted by atomic mass is 10.2. The first-order valence-corrected chi connectivity index (χ1v) is 8.77. The van der Waals surface area contributed by atoms with Crippen molar-refractivity contribution in [1.29, 1.82) is 0 Å². The van der Waals surface area contributed by atoms with Gasteiger partial charge in [-0.3, -0.25) is 9.40 Å². The monoisotopic (exact) mass is 374 g/mol. The van der Waals surface area contributed by atoms with Crippen LogP contribution in [0, 0.1) is 0 Å². The molecule has 3 aromatic rings. The Morgan fingerprint density at radius 1 is 1.30 bits per heavy atom. The smallest absolute Gasteiger partial charge is 0.264 e. The van der Waals surface area contributed by atoms with Crippen molar-refractivity contribution in [3.63, 3.8) is 0 Å². The van der Waals surface area contributed by atoms with E-state index in [1.165, 1.54) is 29.3 Å². The van der Waals surface area contributed by atoms with Crippen molar-refractivity contribution >= 4 is 49.8 Å². The second-order valence-corrected chi connectivity index (χ2v) is 7.25. The standard InChI is InChI=1S/C13H12Cl2N4O3S/c14-10-3-9-12(4-11(10)15)16-6-13(9)23(21,22)18-8-5-17-19(7-8)1-2-20/h3-7,16,18,20H,1-2H2. The van der Waals surface area contributed by atoms with Crippen LogP contribution < -0.4 is 4.72 Å². The van der Waals surface area contributed by atoms with Crippen molar-refractivity contribution < 1.29 is 13.5 Å². The summed E-state index contributed by atoms with van der Waals surface area (Å²) in [7, 11) is -3.83. The normalized spacial score (nSPS) is 12.0. The highest BCUT2D eigenvalue weighted by atomic mass is 35.5. The van der Waals surface area contributed by atoms with E-state index in [4.69, 9.17) is 28.3 Å². The van der Waals surface area contributed by atoms with E-state index in [0.717, 1.165) is 0 Å². The van der Waals surface area contributed by atoms with Crippen LogP contribution >= 0.6 is 23.2 Å². The second kappa shape index (κ2) is 6.04. The van der Waals surface area contributed by atoms with Gasteiger partial charge in [0.1, 0.15) is 4.90 Å². The molecule has 0 spiro atoms. The fraction of sp³-hybridized carbons (Fsp3) is 0.154. The molecule has 0 unspecified atom stereocenters. The Balaban J connectivity index is 1.97. The molecule has 2 aromatic heterocycles. The number of rotatable bonds is 5. The van der Waals surface area contributed by atoms with E-state index in [-0.39, 0.29) is 23.1 Å². The van der Waals surface area contributed by atoms with Gasteiger partial charge in [0.2, 0.25) is 0 Å². The molecule has 122 valence electrons. The summed E-state index contributed by atoms with van der Waals surface area (Å²) in [6.07, 6.45) is 4.23. The van der Waals surface area contributed by atoms with Crippen LogP contribution in [0.15, 0.2) is 35.6 Å². The summed E-state index contributed by atoms with van der Waals surface area (Å²) in [5.74, 6) is 0. The molecule has 0 bridgehead atoms. The summed E-state index contributed by atoms with van der Waals surface area (Å²) >= 11 is 11.9. The van der Waals surface area contributed by atoms with Gasteiger partial charge in [-0.05, 0) is 12.1 Å². The molecule has 23 heavy (non-hydrogen) atoms. The number of benzene rings is 1. The summed E-state index contributed by atoms with van der Waals surface area (Å²) in [5, 5.41) is 13.8. The molecule has 1 aromatic carbocycles.